The molecule has 1 fully saturated rings. The molecule has 7 heteroatoms. The molecule has 3 rings (SSSR count). The topological polar surface area (TPSA) is 79.8 Å². The Kier molecular flexibility index (Phi) is 5.35. The fourth-order valence-electron chi connectivity index (χ4n) is 2.29. The molecule has 1 aliphatic rings. The summed E-state index contributed by atoms with van der Waals surface area (Å²) in [5.74, 6) is 0.186. The van der Waals surface area contributed by atoms with Crippen LogP contribution >= 0.6 is 11.8 Å². The van der Waals surface area contributed by atoms with Crippen molar-refractivity contribution in [3.63, 3.8) is 0 Å². The van der Waals surface area contributed by atoms with Gasteiger partial charge in [-0.15, -0.1) is 0 Å². The van der Waals surface area contributed by atoms with Gasteiger partial charge < -0.3 is 15.4 Å². The maximum absolute atomic E-state index is 12.5. The van der Waals surface area contributed by atoms with Crippen molar-refractivity contribution in [3.05, 3.63) is 54.6 Å². The van der Waals surface area contributed by atoms with Crippen LogP contribution in [-0.4, -0.2) is 29.3 Å². The third-order valence-electron chi connectivity index (χ3n) is 3.49. The molecule has 2 aromatic rings. The van der Waals surface area contributed by atoms with Crippen LogP contribution in [0, 0.1) is 0 Å². The Labute approximate surface area is 149 Å². The maximum atomic E-state index is 12.5. The van der Waals surface area contributed by atoms with E-state index in [1.807, 2.05) is 30.3 Å². The van der Waals surface area contributed by atoms with Gasteiger partial charge in [-0.25, -0.2) is 4.99 Å². The molecule has 1 aliphatic heterocycles. The van der Waals surface area contributed by atoms with Gasteiger partial charge in [-0.05, 0) is 24.3 Å². The summed E-state index contributed by atoms with van der Waals surface area (Å²) in [7, 11) is 1.56. The highest BCUT2D eigenvalue weighted by atomic mass is 32.2. The van der Waals surface area contributed by atoms with Gasteiger partial charge in [0.05, 0.1) is 12.8 Å². The van der Waals surface area contributed by atoms with E-state index < -0.39 is 5.25 Å². The standard InChI is InChI=1S/C18H17N3O3S/c1-24-14-9-5-8-13(10-14)19-17(23)15-11-16(22)21-18(25-15)20-12-6-3-2-4-7-12/h2-10,15H,11H2,1H3,(H,19,23)(H,20,21,22)/t15-/m1/s1. The summed E-state index contributed by atoms with van der Waals surface area (Å²) in [5, 5.41) is 5.41. The van der Waals surface area contributed by atoms with Crippen molar-refractivity contribution in [2.75, 3.05) is 12.4 Å². The van der Waals surface area contributed by atoms with Gasteiger partial charge in [0.1, 0.15) is 11.0 Å². The third-order valence-corrected chi connectivity index (χ3v) is 4.57. The van der Waals surface area contributed by atoms with E-state index in [1.54, 1.807) is 31.4 Å². The summed E-state index contributed by atoms with van der Waals surface area (Å²) in [4.78, 5) is 28.8. The third kappa shape index (κ3) is 4.60. The molecule has 6 nitrogen and oxygen atoms in total. The number of amides is 2. The molecule has 128 valence electrons. The van der Waals surface area contributed by atoms with E-state index in [2.05, 4.69) is 15.6 Å². The molecular weight excluding hydrogens is 338 g/mol. The molecular formula is C18H17N3O3S. The van der Waals surface area contributed by atoms with E-state index in [0.29, 0.717) is 16.6 Å². The van der Waals surface area contributed by atoms with Crippen LogP contribution < -0.4 is 15.4 Å². The minimum atomic E-state index is -0.539. The number of methoxy groups -OCH3 is 1. The molecule has 25 heavy (non-hydrogen) atoms. The SMILES string of the molecule is COc1cccc(NC(=O)[C@H]2CC(=O)NC(=Nc3ccccc3)S2)c1. The molecule has 0 radical (unpaired) electrons. The number of nitrogens with one attached hydrogen (secondary N) is 2. The van der Waals surface area contributed by atoms with Gasteiger partial charge in [0.25, 0.3) is 0 Å². The number of ether oxygens (including phenoxy) is 1. The monoisotopic (exact) mass is 355 g/mol. The average Bonchev–Trinajstić information content (AvgIpc) is 2.62. The van der Waals surface area contributed by atoms with Crippen molar-refractivity contribution in [1.82, 2.24) is 5.32 Å². The first kappa shape index (κ1) is 17.0. The first-order valence-corrected chi connectivity index (χ1v) is 8.57. The molecule has 0 unspecified atom stereocenters. The lowest BCUT2D eigenvalue weighted by Crippen LogP contribution is -2.41. The van der Waals surface area contributed by atoms with Crippen LogP contribution in [0.1, 0.15) is 6.42 Å². The van der Waals surface area contributed by atoms with Crippen molar-refractivity contribution >= 4 is 40.1 Å². The lowest BCUT2D eigenvalue weighted by Gasteiger charge is -2.22. The van der Waals surface area contributed by atoms with Crippen molar-refractivity contribution in [2.45, 2.75) is 11.7 Å². The predicted molar refractivity (Wildman–Crippen MR) is 99.3 cm³/mol. The van der Waals surface area contributed by atoms with E-state index in [-0.39, 0.29) is 18.2 Å². The van der Waals surface area contributed by atoms with Crippen LogP contribution in [0.5, 0.6) is 5.75 Å². The van der Waals surface area contributed by atoms with E-state index >= 15 is 0 Å². The van der Waals surface area contributed by atoms with Crippen LogP contribution in [-0.2, 0) is 9.59 Å². The molecule has 2 aromatic carbocycles. The molecule has 1 saturated heterocycles. The van der Waals surface area contributed by atoms with E-state index in [4.69, 9.17) is 4.74 Å². The van der Waals surface area contributed by atoms with Gasteiger partial charge in [0.15, 0.2) is 5.17 Å². The van der Waals surface area contributed by atoms with Crippen molar-refractivity contribution < 1.29 is 14.3 Å². The quantitative estimate of drug-likeness (QED) is 0.884. The Morgan fingerprint density at radius 3 is 2.80 bits per heavy atom. The molecule has 1 atom stereocenters. The Morgan fingerprint density at radius 1 is 1.24 bits per heavy atom. The number of hydrogen-bond donors (Lipinski definition) is 2. The summed E-state index contributed by atoms with van der Waals surface area (Å²) in [6.07, 6.45) is 0.105. The minimum Gasteiger partial charge on any atom is -0.497 e. The molecule has 0 saturated carbocycles. The van der Waals surface area contributed by atoms with E-state index in [0.717, 1.165) is 5.69 Å². The van der Waals surface area contributed by atoms with Crippen molar-refractivity contribution in [2.24, 2.45) is 4.99 Å². The van der Waals surface area contributed by atoms with Gasteiger partial charge in [-0.1, -0.05) is 36.0 Å². The number of hydrogen-bond acceptors (Lipinski definition) is 5. The van der Waals surface area contributed by atoms with Crippen molar-refractivity contribution in [1.29, 1.82) is 0 Å². The van der Waals surface area contributed by atoms with Gasteiger partial charge in [0.2, 0.25) is 11.8 Å². The van der Waals surface area contributed by atoms with Crippen molar-refractivity contribution in [3.8, 4) is 5.75 Å². The van der Waals surface area contributed by atoms with Crippen LogP contribution in [0.2, 0.25) is 0 Å². The van der Waals surface area contributed by atoms with Gasteiger partial charge >= 0.3 is 0 Å². The highest BCUT2D eigenvalue weighted by Crippen LogP contribution is 2.25. The van der Waals surface area contributed by atoms with E-state index in [1.165, 1.54) is 11.8 Å². The Bertz CT molecular complexity index is 808. The number of carbonyl (C=O) groups is 2. The second-order valence-corrected chi connectivity index (χ2v) is 6.52. The zero-order chi connectivity index (χ0) is 17.6. The summed E-state index contributed by atoms with van der Waals surface area (Å²) in [5.41, 5.74) is 1.34. The Morgan fingerprint density at radius 2 is 2.04 bits per heavy atom. The molecule has 1 heterocycles. The minimum absolute atomic E-state index is 0.105. The molecule has 0 aromatic heterocycles. The number of amidine groups is 1. The van der Waals surface area contributed by atoms with Crippen LogP contribution in [0.4, 0.5) is 11.4 Å². The fourth-order valence-corrected chi connectivity index (χ4v) is 3.29. The molecule has 2 amide bonds. The number of rotatable bonds is 4. The number of para-hydroxylation sites is 1. The number of aliphatic imine (C=N–C) groups is 1. The lowest BCUT2D eigenvalue weighted by atomic mass is 10.2. The molecule has 0 aliphatic carbocycles. The zero-order valence-corrected chi connectivity index (χ0v) is 14.4. The van der Waals surface area contributed by atoms with Gasteiger partial charge in [-0.3, -0.25) is 9.59 Å². The maximum Gasteiger partial charge on any atom is 0.238 e. The Balaban J connectivity index is 1.71. The highest BCUT2D eigenvalue weighted by molar-refractivity contribution is 8.15. The summed E-state index contributed by atoms with van der Waals surface area (Å²) < 4.78 is 5.14. The van der Waals surface area contributed by atoms with E-state index in [9.17, 15) is 9.59 Å². The average molecular weight is 355 g/mol. The summed E-state index contributed by atoms with van der Waals surface area (Å²) in [6.45, 7) is 0. The first-order valence-electron chi connectivity index (χ1n) is 7.69. The lowest BCUT2D eigenvalue weighted by molar-refractivity contribution is -0.123. The fraction of sp³-hybridized carbons (Fsp3) is 0.167. The number of carbonyl (C=O) groups excluding carboxylic acids is 2. The normalized spacial score (nSPS) is 18.5. The molecule has 2 N–H and O–H groups in total. The summed E-state index contributed by atoms with van der Waals surface area (Å²) in [6, 6.07) is 16.4. The zero-order valence-electron chi connectivity index (χ0n) is 13.6. The van der Waals surface area contributed by atoms with Crippen LogP contribution in [0.25, 0.3) is 0 Å². The van der Waals surface area contributed by atoms with Gasteiger partial charge in [0, 0.05) is 18.2 Å². The largest absolute Gasteiger partial charge is 0.497 e. The Hall–Kier alpha value is -2.80. The van der Waals surface area contributed by atoms with Gasteiger partial charge in [-0.2, -0.15) is 0 Å². The number of nitrogens with zero attached hydrogens (tertiary/aromatic N) is 1. The number of benzene rings is 2. The number of anilines is 1. The molecule has 0 spiro atoms. The second-order valence-electron chi connectivity index (χ2n) is 5.33. The summed E-state index contributed by atoms with van der Waals surface area (Å²) >= 11 is 1.24. The number of thioether (sulfide) groups is 1. The predicted octanol–water partition coefficient (Wildman–Crippen LogP) is 2.94. The van der Waals surface area contributed by atoms with Crippen LogP contribution in [0.3, 0.4) is 0 Å². The smallest absolute Gasteiger partial charge is 0.238 e. The second kappa shape index (κ2) is 7.85. The van der Waals surface area contributed by atoms with Crippen LogP contribution in [0.15, 0.2) is 59.6 Å². The highest BCUT2D eigenvalue weighted by Gasteiger charge is 2.30. The first-order chi connectivity index (χ1) is 12.1. The molecule has 0 bridgehead atoms.